The van der Waals surface area contributed by atoms with Gasteiger partial charge in [-0.1, -0.05) is 11.6 Å². The standard InChI is InChI=1S/C15H14ClF2N3O2/c1-20-15(19)22-5-4-9-6-11(2-3-12(9)17)23-14-13(18)7-10(16)8-21-14/h2-3,6-8H,4-5H2,1H3,(H2,19,20). The molecule has 2 rings (SSSR count). The van der Waals surface area contributed by atoms with Crippen LogP contribution in [0.4, 0.5) is 8.78 Å². The van der Waals surface area contributed by atoms with Crippen LogP contribution in [0.3, 0.4) is 0 Å². The van der Waals surface area contributed by atoms with Crippen LogP contribution in [-0.2, 0) is 11.2 Å². The van der Waals surface area contributed by atoms with Crippen LogP contribution in [0.2, 0.25) is 5.02 Å². The van der Waals surface area contributed by atoms with Gasteiger partial charge in [-0.15, -0.1) is 0 Å². The number of aliphatic imine (C=N–C) groups is 1. The fourth-order valence-corrected chi connectivity index (χ4v) is 1.87. The fourth-order valence-electron chi connectivity index (χ4n) is 1.73. The molecule has 122 valence electrons. The van der Waals surface area contributed by atoms with Crippen molar-refractivity contribution in [3.8, 4) is 11.6 Å². The van der Waals surface area contributed by atoms with Gasteiger partial charge in [0.2, 0.25) is 0 Å². The molecule has 0 aliphatic carbocycles. The predicted octanol–water partition coefficient (Wildman–Crippen LogP) is 3.31. The van der Waals surface area contributed by atoms with Gasteiger partial charge in [0, 0.05) is 19.7 Å². The fraction of sp³-hybridized carbons (Fsp3) is 0.200. The van der Waals surface area contributed by atoms with Crippen molar-refractivity contribution in [2.45, 2.75) is 6.42 Å². The molecular formula is C15H14ClF2N3O2. The smallest absolute Gasteiger partial charge is 0.281 e. The number of nitrogens with two attached hydrogens (primary N) is 1. The molecule has 0 saturated carbocycles. The lowest BCUT2D eigenvalue weighted by Crippen LogP contribution is -2.17. The lowest BCUT2D eigenvalue weighted by Gasteiger charge is -2.09. The largest absolute Gasteiger partial charge is 0.465 e. The normalized spacial score (nSPS) is 11.4. The molecule has 0 saturated heterocycles. The molecule has 0 bridgehead atoms. The lowest BCUT2D eigenvalue weighted by atomic mass is 10.1. The zero-order valence-electron chi connectivity index (χ0n) is 12.2. The number of amidine groups is 1. The molecule has 0 atom stereocenters. The molecule has 0 amide bonds. The molecule has 0 unspecified atom stereocenters. The highest BCUT2D eigenvalue weighted by Gasteiger charge is 2.10. The van der Waals surface area contributed by atoms with E-state index in [-0.39, 0.29) is 35.7 Å². The van der Waals surface area contributed by atoms with Gasteiger partial charge < -0.3 is 15.2 Å². The van der Waals surface area contributed by atoms with E-state index >= 15 is 0 Å². The van der Waals surface area contributed by atoms with Crippen LogP contribution in [0.15, 0.2) is 35.5 Å². The highest BCUT2D eigenvalue weighted by molar-refractivity contribution is 6.30. The predicted molar refractivity (Wildman–Crippen MR) is 82.9 cm³/mol. The molecule has 1 aromatic heterocycles. The van der Waals surface area contributed by atoms with Crippen LogP contribution in [0.5, 0.6) is 11.6 Å². The van der Waals surface area contributed by atoms with Crippen LogP contribution in [0, 0.1) is 11.6 Å². The Morgan fingerprint density at radius 2 is 2.09 bits per heavy atom. The Kier molecular flexibility index (Phi) is 5.70. The number of halogens is 3. The van der Waals surface area contributed by atoms with Crippen molar-refractivity contribution in [1.82, 2.24) is 4.98 Å². The maximum absolute atomic E-state index is 13.8. The number of benzene rings is 1. The number of hydrogen-bond donors (Lipinski definition) is 1. The molecule has 1 aromatic carbocycles. The molecule has 1 heterocycles. The molecule has 5 nitrogen and oxygen atoms in total. The summed E-state index contributed by atoms with van der Waals surface area (Å²) in [5.74, 6) is -1.14. The molecule has 2 aromatic rings. The van der Waals surface area contributed by atoms with E-state index in [0.717, 1.165) is 6.07 Å². The van der Waals surface area contributed by atoms with Crippen molar-refractivity contribution in [2.75, 3.05) is 13.7 Å². The summed E-state index contributed by atoms with van der Waals surface area (Å²) in [7, 11) is 1.48. The van der Waals surface area contributed by atoms with E-state index in [9.17, 15) is 8.78 Å². The summed E-state index contributed by atoms with van der Waals surface area (Å²) in [6.45, 7) is 0.150. The molecule has 0 aliphatic rings. The van der Waals surface area contributed by atoms with Gasteiger partial charge in [-0.2, -0.15) is 0 Å². The Bertz CT molecular complexity index is 726. The minimum absolute atomic E-state index is 0.0187. The minimum atomic E-state index is -0.710. The van der Waals surface area contributed by atoms with Gasteiger partial charge in [-0.3, -0.25) is 0 Å². The first-order chi connectivity index (χ1) is 11.0. The second-order valence-corrected chi connectivity index (χ2v) is 4.89. The Balaban J connectivity index is 2.10. The summed E-state index contributed by atoms with van der Waals surface area (Å²) in [4.78, 5) is 7.37. The maximum Gasteiger partial charge on any atom is 0.281 e. The van der Waals surface area contributed by atoms with Gasteiger partial charge in [0.15, 0.2) is 5.82 Å². The van der Waals surface area contributed by atoms with Gasteiger partial charge in [0.05, 0.1) is 11.6 Å². The van der Waals surface area contributed by atoms with Gasteiger partial charge in [0.1, 0.15) is 11.6 Å². The van der Waals surface area contributed by atoms with Gasteiger partial charge in [0.25, 0.3) is 11.9 Å². The van der Waals surface area contributed by atoms with Gasteiger partial charge in [-0.05, 0) is 29.8 Å². The average molecular weight is 342 g/mol. The van der Waals surface area contributed by atoms with Gasteiger partial charge in [-0.25, -0.2) is 18.8 Å². The third-order valence-electron chi connectivity index (χ3n) is 2.85. The Hall–Kier alpha value is -2.41. The molecule has 0 spiro atoms. The molecule has 0 fully saturated rings. The van der Waals surface area contributed by atoms with Crippen LogP contribution in [0.1, 0.15) is 5.56 Å². The summed E-state index contributed by atoms with van der Waals surface area (Å²) in [5, 5.41) is 0.155. The summed E-state index contributed by atoms with van der Waals surface area (Å²) < 4.78 is 37.8. The van der Waals surface area contributed by atoms with Crippen molar-refractivity contribution in [2.24, 2.45) is 10.7 Å². The van der Waals surface area contributed by atoms with E-state index in [0.29, 0.717) is 5.56 Å². The number of nitrogens with zero attached hydrogens (tertiary/aromatic N) is 2. The molecule has 2 N–H and O–H groups in total. The first kappa shape index (κ1) is 17.0. The molecule has 8 heteroatoms. The van der Waals surface area contributed by atoms with E-state index in [2.05, 4.69) is 9.98 Å². The topological polar surface area (TPSA) is 69.7 Å². The highest BCUT2D eigenvalue weighted by atomic mass is 35.5. The molecular weight excluding hydrogens is 328 g/mol. The summed E-state index contributed by atoms with van der Waals surface area (Å²) in [5.41, 5.74) is 5.72. The second kappa shape index (κ2) is 7.73. The first-order valence-electron chi connectivity index (χ1n) is 6.62. The summed E-state index contributed by atoms with van der Waals surface area (Å²) >= 11 is 5.62. The Morgan fingerprint density at radius 3 is 2.78 bits per heavy atom. The van der Waals surface area contributed by atoms with Crippen molar-refractivity contribution in [3.05, 3.63) is 52.7 Å². The van der Waals surface area contributed by atoms with Crippen LogP contribution in [-0.4, -0.2) is 24.7 Å². The van der Waals surface area contributed by atoms with Crippen molar-refractivity contribution < 1.29 is 18.3 Å². The SMILES string of the molecule is CN=C(N)OCCc1cc(Oc2ncc(Cl)cc2F)ccc1F. The number of rotatable bonds is 5. The zero-order valence-corrected chi connectivity index (χ0v) is 13.0. The third-order valence-corrected chi connectivity index (χ3v) is 3.05. The van der Waals surface area contributed by atoms with Crippen molar-refractivity contribution in [1.29, 1.82) is 0 Å². The maximum atomic E-state index is 13.8. The monoisotopic (exact) mass is 341 g/mol. The number of aromatic nitrogens is 1. The Morgan fingerprint density at radius 1 is 1.30 bits per heavy atom. The van der Waals surface area contributed by atoms with E-state index in [1.165, 1.54) is 31.4 Å². The minimum Gasteiger partial charge on any atom is -0.465 e. The number of hydrogen-bond acceptors (Lipinski definition) is 4. The molecule has 0 radical (unpaired) electrons. The summed E-state index contributed by atoms with van der Waals surface area (Å²) in [6, 6.07) is 5.13. The van der Waals surface area contributed by atoms with Crippen LogP contribution >= 0.6 is 11.6 Å². The highest BCUT2D eigenvalue weighted by Crippen LogP contribution is 2.25. The van der Waals surface area contributed by atoms with Crippen molar-refractivity contribution in [3.63, 3.8) is 0 Å². The Labute approximate surface area is 136 Å². The first-order valence-corrected chi connectivity index (χ1v) is 6.99. The van der Waals surface area contributed by atoms with Crippen LogP contribution in [0.25, 0.3) is 0 Å². The molecule has 23 heavy (non-hydrogen) atoms. The average Bonchev–Trinajstić information content (AvgIpc) is 2.52. The van der Waals surface area contributed by atoms with Crippen LogP contribution < -0.4 is 10.5 Å². The summed E-state index contributed by atoms with van der Waals surface area (Å²) in [6.07, 6.45) is 1.50. The van der Waals surface area contributed by atoms with E-state index in [1.807, 2.05) is 0 Å². The second-order valence-electron chi connectivity index (χ2n) is 4.46. The van der Waals surface area contributed by atoms with E-state index < -0.39 is 11.6 Å². The molecule has 0 aliphatic heterocycles. The van der Waals surface area contributed by atoms with Gasteiger partial charge >= 0.3 is 0 Å². The number of pyridine rings is 1. The third kappa shape index (κ3) is 4.79. The van der Waals surface area contributed by atoms with E-state index in [4.69, 9.17) is 26.8 Å². The lowest BCUT2D eigenvalue weighted by molar-refractivity contribution is 0.301. The quantitative estimate of drug-likeness (QED) is 0.669. The zero-order chi connectivity index (χ0) is 16.8. The number of ether oxygens (including phenoxy) is 2. The van der Waals surface area contributed by atoms with Crippen molar-refractivity contribution >= 4 is 17.6 Å². The van der Waals surface area contributed by atoms with E-state index in [1.54, 1.807) is 0 Å².